The molecule has 1 aliphatic rings. The Bertz CT molecular complexity index is 479. The monoisotopic (exact) mass is 355 g/mol. The molecule has 3 nitrogen and oxygen atoms in total. The maximum Gasteiger partial charge on any atom is 0.0738 e. The summed E-state index contributed by atoms with van der Waals surface area (Å²) in [7, 11) is 0. The first-order valence-corrected chi connectivity index (χ1v) is 9.15. The molecule has 120 valence electrons. The maximum atomic E-state index is 4.65. The van der Waals surface area contributed by atoms with Crippen LogP contribution in [0, 0.1) is 18.3 Å². The third kappa shape index (κ3) is 3.53. The molecule has 1 heterocycles. The van der Waals surface area contributed by atoms with Crippen LogP contribution in [0.4, 0.5) is 0 Å². The Hall–Kier alpha value is -0.350. The molecule has 0 bridgehead atoms. The summed E-state index contributed by atoms with van der Waals surface area (Å²) in [5.41, 5.74) is 2.90. The topological polar surface area (TPSA) is 29.9 Å². The fourth-order valence-corrected chi connectivity index (χ4v) is 4.44. The van der Waals surface area contributed by atoms with E-state index in [0.29, 0.717) is 11.5 Å². The standard InChI is InChI=1S/C17H30BrN3/c1-6-19-14(13-9-8-10-17(13,4)5)11-15-16(18)12(3)20-21(15)7-2/h13-14,19H,6-11H2,1-5H3. The molecule has 1 aliphatic carbocycles. The number of likely N-dealkylation sites (N-methyl/N-ethyl adjacent to an activating group) is 1. The van der Waals surface area contributed by atoms with E-state index in [1.165, 1.54) is 29.4 Å². The van der Waals surface area contributed by atoms with E-state index >= 15 is 0 Å². The largest absolute Gasteiger partial charge is 0.314 e. The summed E-state index contributed by atoms with van der Waals surface area (Å²) in [6, 6.07) is 0.546. The molecule has 1 saturated carbocycles. The molecular formula is C17H30BrN3. The highest BCUT2D eigenvalue weighted by atomic mass is 79.9. The van der Waals surface area contributed by atoms with Gasteiger partial charge < -0.3 is 5.32 Å². The van der Waals surface area contributed by atoms with E-state index in [-0.39, 0.29) is 0 Å². The maximum absolute atomic E-state index is 4.65. The van der Waals surface area contributed by atoms with Crippen LogP contribution in [0.15, 0.2) is 4.47 Å². The predicted molar refractivity (Wildman–Crippen MR) is 92.6 cm³/mol. The molecule has 0 spiro atoms. The van der Waals surface area contributed by atoms with Gasteiger partial charge in [0.2, 0.25) is 0 Å². The minimum Gasteiger partial charge on any atom is -0.314 e. The van der Waals surface area contributed by atoms with Gasteiger partial charge in [0, 0.05) is 19.0 Å². The van der Waals surface area contributed by atoms with Crippen molar-refractivity contribution >= 4 is 15.9 Å². The molecule has 2 rings (SSSR count). The van der Waals surface area contributed by atoms with E-state index in [0.717, 1.165) is 31.1 Å². The Labute approximate surface area is 138 Å². The molecule has 0 amide bonds. The minimum absolute atomic E-state index is 0.450. The number of nitrogens with zero attached hydrogens (tertiary/aromatic N) is 2. The Kier molecular flexibility index (Phi) is 5.53. The lowest BCUT2D eigenvalue weighted by Gasteiger charge is -2.35. The Morgan fingerprint density at radius 3 is 2.67 bits per heavy atom. The number of rotatable bonds is 6. The van der Waals surface area contributed by atoms with E-state index in [1.54, 1.807) is 0 Å². The molecule has 0 saturated heterocycles. The smallest absolute Gasteiger partial charge is 0.0738 e. The zero-order valence-corrected chi connectivity index (χ0v) is 15.8. The van der Waals surface area contributed by atoms with Crippen LogP contribution in [0.3, 0.4) is 0 Å². The van der Waals surface area contributed by atoms with Crippen LogP contribution in [0.1, 0.15) is 58.3 Å². The van der Waals surface area contributed by atoms with Gasteiger partial charge in [0.1, 0.15) is 0 Å². The normalized spacial score (nSPS) is 22.7. The highest BCUT2D eigenvalue weighted by Gasteiger charge is 2.39. The summed E-state index contributed by atoms with van der Waals surface area (Å²) in [5.74, 6) is 0.755. The SMILES string of the molecule is CCNC(Cc1c(Br)c(C)nn1CC)C1CCCC1(C)C. The van der Waals surface area contributed by atoms with Crippen LogP contribution in [0.25, 0.3) is 0 Å². The van der Waals surface area contributed by atoms with Gasteiger partial charge in [0.15, 0.2) is 0 Å². The van der Waals surface area contributed by atoms with Crippen molar-refractivity contribution in [3.63, 3.8) is 0 Å². The van der Waals surface area contributed by atoms with Gasteiger partial charge in [-0.2, -0.15) is 5.10 Å². The van der Waals surface area contributed by atoms with Crippen molar-refractivity contribution < 1.29 is 0 Å². The number of nitrogens with one attached hydrogen (secondary N) is 1. The number of hydrogen-bond donors (Lipinski definition) is 1. The summed E-state index contributed by atoms with van der Waals surface area (Å²) in [6.07, 6.45) is 5.14. The molecule has 2 atom stereocenters. The van der Waals surface area contributed by atoms with Crippen LogP contribution in [-0.4, -0.2) is 22.4 Å². The van der Waals surface area contributed by atoms with Crippen LogP contribution >= 0.6 is 15.9 Å². The average Bonchev–Trinajstić information content (AvgIpc) is 2.91. The summed E-state index contributed by atoms with van der Waals surface area (Å²) in [5, 5.41) is 8.40. The number of aryl methyl sites for hydroxylation is 2. The van der Waals surface area contributed by atoms with E-state index in [9.17, 15) is 0 Å². The zero-order valence-electron chi connectivity index (χ0n) is 14.2. The molecule has 2 unspecified atom stereocenters. The van der Waals surface area contributed by atoms with Gasteiger partial charge in [-0.1, -0.05) is 27.2 Å². The highest BCUT2D eigenvalue weighted by molar-refractivity contribution is 9.10. The Balaban J connectivity index is 2.24. The molecule has 0 aliphatic heterocycles. The van der Waals surface area contributed by atoms with Crippen LogP contribution in [0.2, 0.25) is 0 Å². The summed E-state index contributed by atoms with van der Waals surface area (Å²) >= 11 is 3.75. The first-order chi connectivity index (χ1) is 9.90. The average molecular weight is 356 g/mol. The predicted octanol–water partition coefficient (Wildman–Crippen LogP) is 4.32. The summed E-state index contributed by atoms with van der Waals surface area (Å²) < 4.78 is 3.36. The first kappa shape index (κ1) is 17.0. The van der Waals surface area contributed by atoms with Crippen molar-refractivity contribution in [1.29, 1.82) is 0 Å². The van der Waals surface area contributed by atoms with Gasteiger partial charge in [0.25, 0.3) is 0 Å². The van der Waals surface area contributed by atoms with Crippen molar-refractivity contribution in [2.75, 3.05) is 6.54 Å². The van der Waals surface area contributed by atoms with Crippen LogP contribution in [0.5, 0.6) is 0 Å². The lowest BCUT2D eigenvalue weighted by Crippen LogP contribution is -2.42. The second-order valence-corrected chi connectivity index (χ2v) is 7.81. The molecule has 0 aromatic carbocycles. The molecule has 1 N–H and O–H groups in total. The van der Waals surface area contributed by atoms with Crippen molar-refractivity contribution in [2.45, 2.75) is 72.9 Å². The van der Waals surface area contributed by atoms with Crippen molar-refractivity contribution in [1.82, 2.24) is 15.1 Å². The molecule has 21 heavy (non-hydrogen) atoms. The fraction of sp³-hybridized carbons (Fsp3) is 0.824. The molecule has 0 radical (unpaired) electrons. The third-order valence-corrected chi connectivity index (χ3v) is 6.19. The summed E-state index contributed by atoms with van der Waals surface area (Å²) in [6.45, 7) is 13.3. The molecule has 1 aromatic rings. The van der Waals surface area contributed by atoms with Gasteiger partial charge in [-0.05, 0) is 60.5 Å². The number of halogens is 1. The number of hydrogen-bond acceptors (Lipinski definition) is 2. The first-order valence-electron chi connectivity index (χ1n) is 8.35. The van der Waals surface area contributed by atoms with Gasteiger partial charge in [0.05, 0.1) is 15.9 Å². The quantitative estimate of drug-likeness (QED) is 0.823. The molecule has 4 heteroatoms. The van der Waals surface area contributed by atoms with E-state index < -0.39 is 0 Å². The Morgan fingerprint density at radius 2 is 2.14 bits per heavy atom. The highest BCUT2D eigenvalue weighted by Crippen LogP contribution is 2.45. The van der Waals surface area contributed by atoms with Crippen molar-refractivity contribution in [3.05, 3.63) is 15.9 Å². The van der Waals surface area contributed by atoms with Crippen molar-refractivity contribution in [2.24, 2.45) is 11.3 Å². The molecule has 1 fully saturated rings. The number of aromatic nitrogens is 2. The second-order valence-electron chi connectivity index (χ2n) is 7.02. The van der Waals surface area contributed by atoms with Crippen LogP contribution in [-0.2, 0) is 13.0 Å². The van der Waals surface area contributed by atoms with Crippen molar-refractivity contribution in [3.8, 4) is 0 Å². The fourth-order valence-electron chi connectivity index (χ4n) is 3.99. The van der Waals surface area contributed by atoms with Gasteiger partial charge >= 0.3 is 0 Å². The third-order valence-electron chi connectivity index (χ3n) is 5.16. The summed E-state index contributed by atoms with van der Waals surface area (Å²) in [4.78, 5) is 0. The van der Waals surface area contributed by atoms with Gasteiger partial charge in [-0.15, -0.1) is 0 Å². The molecular weight excluding hydrogens is 326 g/mol. The molecule has 1 aromatic heterocycles. The zero-order chi connectivity index (χ0) is 15.6. The van der Waals surface area contributed by atoms with E-state index in [2.05, 4.69) is 65.6 Å². The van der Waals surface area contributed by atoms with Gasteiger partial charge in [-0.3, -0.25) is 4.68 Å². The second kappa shape index (κ2) is 6.82. The minimum atomic E-state index is 0.450. The van der Waals surface area contributed by atoms with E-state index in [1.807, 2.05) is 0 Å². The van der Waals surface area contributed by atoms with E-state index in [4.69, 9.17) is 0 Å². The lowest BCUT2D eigenvalue weighted by molar-refractivity contribution is 0.195. The Morgan fingerprint density at radius 1 is 1.43 bits per heavy atom. The van der Waals surface area contributed by atoms with Gasteiger partial charge in [-0.25, -0.2) is 0 Å². The lowest BCUT2D eigenvalue weighted by atomic mass is 9.76. The van der Waals surface area contributed by atoms with Crippen LogP contribution < -0.4 is 5.32 Å².